The van der Waals surface area contributed by atoms with Gasteiger partial charge in [0.15, 0.2) is 23.9 Å². The molecule has 7 rings (SSSR count). The molecule has 2 atom stereocenters. The van der Waals surface area contributed by atoms with E-state index in [0.717, 1.165) is 25.9 Å². The molecular weight excluding hydrogens is 700 g/mol. The Balaban J connectivity index is 1.52. The van der Waals surface area contributed by atoms with Crippen LogP contribution in [0.25, 0.3) is 0 Å². The highest BCUT2D eigenvalue weighted by Crippen LogP contribution is 2.41. The minimum Gasteiger partial charge on any atom is -0.619 e. The molecule has 3 aliphatic rings. The minimum atomic E-state index is -1.21. The molecule has 0 unspecified atom stereocenters. The summed E-state index contributed by atoms with van der Waals surface area (Å²) in [5, 5.41) is 23.0. The van der Waals surface area contributed by atoms with E-state index in [1.54, 1.807) is 43.3 Å². The zero-order valence-corrected chi connectivity index (χ0v) is 29.9. The molecule has 10 nitrogen and oxygen atoms in total. The highest BCUT2D eigenvalue weighted by Gasteiger charge is 2.38. The van der Waals surface area contributed by atoms with Gasteiger partial charge in [0.25, 0.3) is 0 Å². The molecule has 3 aromatic carbocycles. The van der Waals surface area contributed by atoms with E-state index in [-0.39, 0.29) is 46.3 Å². The van der Waals surface area contributed by atoms with Gasteiger partial charge >= 0.3 is 12.1 Å². The van der Waals surface area contributed by atoms with Crippen LogP contribution in [0.1, 0.15) is 56.9 Å². The lowest BCUT2D eigenvalue weighted by atomic mass is 9.80. The first kappa shape index (κ1) is 36.2. The normalized spacial score (nSPS) is 18.6. The molecular formula is C38H38Cl2FN3O7. The molecule has 0 spiro atoms. The van der Waals surface area contributed by atoms with E-state index in [4.69, 9.17) is 37.4 Å². The van der Waals surface area contributed by atoms with Crippen LogP contribution >= 0.6 is 23.2 Å². The Labute approximate surface area is 305 Å². The number of methoxy groups -OCH3 is 2. The van der Waals surface area contributed by atoms with Crippen LogP contribution in [0, 0.1) is 23.9 Å². The average Bonchev–Trinajstić information content (AvgIpc) is 3.11. The quantitative estimate of drug-likeness (QED) is 0.125. The van der Waals surface area contributed by atoms with Gasteiger partial charge in [-0.15, -0.1) is 0 Å². The van der Waals surface area contributed by atoms with Gasteiger partial charge in [0.2, 0.25) is 0 Å². The number of aryl methyl sites for hydroxylation is 1. The van der Waals surface area contributed by atoms with Crippen molar-refractivity contribution >= 4 is 41.0 Å². The van der Waals surface area contributed by atoms with Crippen LogP contribution < -0.4 is 19.1 Å². The Kier molecular flexibility index (Phi) is 10.9. The first-order valence-corrected chi connectivity index (χ1v) is 17.3. The number of carbonyl (C=O) groups excluding carboxylic acids is 1. The summed E-state index contributed by atoms with van der Waals surface area (Å²) in [6, 6.07) is 14.4. The van der Waals surface area contributed by atoms with E-state index in [0.29, 0.717) is 50.6 Å². The van der Waals surface area contributed by atoms with Crippen LogP contribution in [-0.4, -0.2) is 62.0 Å². The van der Waals surface area contributed by atoms with E-state index >= 15 is 4.39 Å². The van der Waals surface area contributed by atoms with Gasteiger partial charge in [-0.25, -0.2) is 14.0 Å². The molecule has 3 saturated heterocycles. The number of fused-ring (bicyclic) bond motifs is 3. The number of carboxylic acids is 1. The van der Waals surface area contributed by atoms with Crippen molar-refractivity contribution < 1.29 is 38.0 Å². The lowest BCUT2D eigenvalue weighted by Gasteiger charge is -2.44. The van der Waals surface area contributed by atoms with Crippen LogP contribution in [-0.2, 0) is 17.7 Å². The van der Waals surface area contributed by atoms with Crippen molar-refractivity contribution in [1.82, 2.24) is 4.90 Å². The largest absolute Gasteiger partial charge is 0.619 e. The number of hydrogen-bond donors (Lipinski definition) is 1. The molecule has 1 amide bonds. The van der Waals surface area contributed by atoms with Gasteiger partial charge < -0.3 is 24.5 Å². The summed E-state index contributed by atoms with van der Waals surface area (Å²) in [7, 11) is 2.99. The molecule has 268 valence electrons. The standard InChI is InChI=1S/C38H38Cl2FN3O7/c1-22-14-25(18-44(32-7-5-4-6-31(32)41)38(47)51-35-21-42-12-10-23(35)11-13-42)36(28(15-22)37(45)46)26(17-27-29(39)19-43(48)20-30(27)40)24-8-9-33(49-2)34(16-24)50-3/h4-9,14-16,19-20,23,26,35H,10-13,17-18,21H2,1-3H3,(H,45,46)/t26-,35-/m0/s1. The van der Waals surface area contributed by atoms with Crippen LogP contribution in [0.5, 0.6) is 11.5 Å². The lowest BCUT2D eigenvalue weighted by Crippen LogP contribution is -2.53. The number of para-hydroxylation sites is 1. The monoisotopic (exact) mass is 737 g/mol. The van der Waals surface area contributed by atoms with Crippen LogP contribution in [0.15, 0.2) is 67.0 Å². The summed E-state index contributed by atoms with van der Waals surface area (Å²) in [6.45, 7) is 4.02. The first-order chi connectivity index (χ1) is 24.5. The second kappa shape index (κ2) is 15.3. The van der Waals surface area contributed by atoms with Crippen molar-refractivity contribution in [3.8, 4) is 11.5 Å². The number of piperidine rings is 3. The van der Waals surface area contributed by atoms with Crippen molar-refractivity contribution in [2.75, 3.05) is 38.8 Å². The zero-order valence-electron chi connectivity index (χ0n) is 28.4. The summed E-state index contributed by atoms with van der Waals surface area (Å²) >= 11 is 13.2. The topological polar surface area (TPSA) is 115 Å². The highest BCUT2D eigenvalue weighted by atomic mass is 35.5. The molecule has 3 aliphatic heterocycles. The number of aromatic carboxylic acids is 1. The number of pyridine rings is 1. The number of amides is 1. The molecule has 13 heteroatoms. The number of carboxylic acid groups (broad SMARTS) is 1. The summed E-state index contributed by atoms with van der Waals surface area (Å²) in [6.07, 6.45) is 3.12. The zero-order chi connectivity index (χ0) is 36.4. The molecule has 1 aromatic heterocycles. The first-order valence-electron chi connectivity index (χ1n) is 16.6. The predicted octanol–water partition coefficient (Wildman–Crippen LogP) is 7.40. The Morgan fingerprint density at radius 1 is 1.04 bits per heavy atom. The number of nitrogens with zero attached hydrogens (tertiary/aromatic N) is 3. The number of carbonyl (C=O) groups is 2. The van der Waals surface area contributed by atoms with Crippen LogP contribution in [0.2, 0.25) is 10.0 Å². The molecule has 4 aromatic rings. The Morgan fingerprint density at radius 3 is 2.33 bits per heavy atom. The number of hydrogen-bond acceptors (Lipinski definition) is 7. The SMILES string of the molecule is COc1ccc([C@H](Cc2c(Cl)c[n+]([O-])cc2Cl)c2c(CN(C(=O)O[C@H]3CN4CCC3CC4)c3ccccc3F)cc(C)cc2C(=O)O)cc1OC. The summed E-state index contributed by atoms with van der Waals surface area (Å²) in [5.74, 6) is -1.58. The number of anilines is 1. The second-order valence-corrected chi connectivity index (χ2v) is 13.8. The van der Waals surface area contributed by atoms with E-state index in [1.165, 1.54) is 49.7 Å². The van der Waals surface area contributed by atoms with Crippen LogP contribution in [0.4, 0.5) is 14.9 Å². The maximum atomic E-state index is 15.6. The molecule has 0 aliphatic carbocycles. The third-order valence-corrected chi connectivity index (χ3v) is 10.5. The Hall–Kier alpha value is -4.58. The molecule has 4 heterocycles. The fraction of sp³-hybridized carbons (Fsp3) is 0.342. The second-order valence-electron chi connectivity index (χ2n) is 13.0. The van der Waals surface area contributed by atoms with Gasteiger partial charge in [0.1, 0.15) is 22.0 Å². The molecule has 0 radical (unpaired) electrons. The number of rotatable bonds is 11. The molecule has 51 heavy (non-hydrogen) atoms. The summed E-state index contributed by atoms with van der Waals surface area (Å²) < 4.78 is 33.3. The van der Waals surface area contributed by atoms with Gasteiger partial charge in [0, 0.05) is 18.0 Å². The van der Waals surface area contributed by atoms with E-state index in [2.05, 4.69) is 4.90 Å². The average molecular weight is 739 g/mol. The van der Waals surface area contributed by atoms with Gasteiger partial charge in [-0.3, -0.25) is 9.80 Å². The van der Waals surface area contributed by atoms with Crippen molar-refractivity contribution in [1.29, 1.82) is 0 Å². The van der Waals surface area contributed by atoms with Gasteiger partial charge in [-0.05, 0) is 97.8 Å². The predicted molar refractivity (Wildman–Crippen MR) is 191 cm³/mol. The Morgan fingerprint density at radius 2 is 1.73 bits per heavy atom. The van der Waals surface area contributed by atoms with Crippen molar-refractivity contribution in [2.45, 2.75) is 44.8 Å². The van der Waals surface area contributed by atoms with Gasteiger partial charge in [-0.1, -0.05) is 47.5 Å². The molecule has 0 saturated carbocycles. The third-order valence-electron chi connectivity index (χ3n) is 9.81. The fourth-order valence-electron chi connectivity index (χ4n) is 7.30. The highest BCUT2D eigenvalue weighted by molar-refractivity contribution is 6.35. The summed E-state index contributed by atoms with van der Waals surface area (Å²) in [4.78, 5) is 30.7. The van der Waals surface area contributed by atoms with Gasteiger partial charge in [-0.2, -0.15) is 4.73 Å². The van der Waals surface area contributed by atoms with Crippen molar-refractivity contribution in [3.63, 3.8) is 0 Å². The number of aromatic nitrogens is 1. The molecule has 3 fully saturated rings. The number of ether oxygens (including phenoxy) is 3. The van der Waals surface area contributed by atoms with Gasteiger partial charge in [0.05, 0.1) is 32.0 Å². The number of halogens is 3. The van der Waals surface area contributed by atoms with E-state index in [9.17, 15) is 19.9 Å². The minimum absolute atomic E-state index is 0.00933. The van der Waals surface area contributed by atoms with E-state index in [1.807, 2.05) is 0 Å². The van der Waals surface area contributed by atoms with Crippen LogP contribution in [0.3, 0.4) is 0 Å². The Bertz CT molecular complexity index is 1930. The summed E-state index contributed by atoms with van der Waals surface area (Å²) in [5.41, 5.74) is 2.35. The fourth-order valence-corrected chi connectivity index (χ4v) is 7.90. The smallest absolute Gasteiger partial charge is 0.415 e. The third kappa shape index (κ3) is 7.71. The van der Waals surface area contributed by atoms with E-state index < -0.39 is 23.8 Å². The van der Waals surface area contributed by atoms with Crippen molar-refractivity contribution in [3.05, 3.63) is 121 Å². The van der Waals surface area contributed by atoms with Crippen molar-refractivity contribution in [2.24, 2.45) is 5.92 Å². The maximum absolute atomic E-state index is 15.6. The lowest BCUT2D eigenvalue weighted by molar-refractivity contribution is -0.605. The molecule has 1 N–H and O–H groups in total. The molecule has 2 bridgehead atoms. The number of benzene rings is 3. The maximum Gasteiger partial charge on any atom is 0.415 e.